The van der Waals surface area contributed by atoms with E-state index < -0.39 is 0 Å². The predicted molar refractivity (Wildman–Crippen MR) is 97.0 cm³/mol. The maximum Gasteiger partial charge on any atom is 0.191 e. The molecule has 2 aliphatic rings. The normalized spacial score (nSPS) is 20.6. The average Bonchev–Trinajstić information content (AvgIpc) is 3.27. The van der Waals surface area contributed by atoms with E-state index in [2.05, 4.69) is 27.6 Å². The van der Waals surface area contributed by atoms with Crippen LogP contribution in [0.1, 0.15) is 44.9 Å². The Bertz CT molecular complexity index is 286. The van der Waals surface area contributed by atoms with Gasteiger partial charge in [0.05, 0.1) is 0 Å². The van der Waals surface area contributed by atoms with Crippen LogP contribution in [0, 0.1) is 5.92 Å². The zero-order valence-corrected chi connectivity index (χ0v) is 15.4. The van der Waals surface area contributed by atoms with Crippen LogP contribution in [0.2, 0.25) is 0 Å². The molecule has 5 heteroatoms. The Kier molecular flexibility index (Phi) is 8.84. The highest BCUT2D eigenvalue weighted by molar-refractivity contribution is 14.0. The number of rotatable bonds is 6. The van der Waals surface area contributed by atoms with Gasteiger partial charge in [0.2, 0.25) is 0 Å². The Morgan fingerprint density at radius 1 is 1.10 bits per heavy atom. The van der Waals surface area contributed by atoms with E-state index in [9.17, 15) is 0 Å². The zero-order chi connectivity index (χ0) is 13.5. The van der Waals surface area contributed by atoms with Crippen molar-refractivity contribution in [3.05, 3.63) is 0 Å². The fourth-order valence-electron chi connectivity index (χ4n) is 2.84. The van der Waals surface area contributed by atoms with E-state index in [1.54, 1.807) is 0 Å². The van der Waals surface area contributed by atoms with Gasteiger partial charge in [0.1, 0.15) is 0 Å². The Labute approximate surface area is 141 Å². The summed E-state index contributed by atoms with van der Waals surface area (Å²) in [5.41, 5.74) is 0. The van der Waals surface area contributed by atoms with Gasteiger partial charge in [-0.15, -0.1) is 24.0 Å². The number of nitrogens with one attached hydrogen (secondary N) is 2. The van der Waals surface area contributed by atoms with Crippen LogP contribution in [-0.2, 0) is 0 Å². The molecule has 2 aliphatic carbocycles. The zero-order valence-electron chi connectivity index (χ0n) is 13.0. The molecule has 0 bridgehead atoms. The van der Waals surface area contributed by atoms with Crippen LogP contribution in [0.3, 0.4) is 0 Å². The van der Waals surface area contributed by atoms with Crippen molar-refractivity contribution >= 4 is 29.9 Å². The van der Waals surface area contributed by atoms with Crippen LogP contribution in [0.4, 0.5) is 0 Å². The van der Waals surface area contributed by atoms with Crippen LogP contribution in [0.5, 0.6) is 0 Å². The lowest BCUT2D eigenvalue weighted by Gasteiger charge is -2.31. The lowest BCUT2D eigenvalue weighted by molar-refractivity contribution is 0.194. The van der Waals surface area contributed by atoms with Gasteiger partial charge in [0, 0.05) is 32.7 Å². The quantitative estimate of drug-likeness (QED) is 0.413. The number of hydrogen-bond acceptors (Lipinski definition) is 2. The predicted octanol–water partition coefficient (Wildman–Crippen LogP) is 2.44. The Hall–Kier alpha value is -0.0400. The molecule has 0 heterocycles. The second kappa shape index (κ2) is 9.82. The molecule has 0 aliphatic heterocycles. The van der Waals surface area contributed by atoms with Gasteiger partial charge in [-0.3, -0.25) is 4.99 Å². The fourth-order valence-corrected chi connectivity index (χ4v) is 2.84. The topological polar surface area (TPSA) is 39.7 Å². The molecule has 2 N–H and O–H groups in total. The Morgan fingerprint density at radius 2 is 1.80 bits per heavy atom. The standard InChI is InChI=1S/C15H30N4.HI/c1-16-15(18-12-13-8-9-13)17-10-11-19(2)14-6-4-3-5-7-14;/h13-14H,3-12H2,1-2H3,(H2,16,17,18);1H. The van der Waals surface area contributed by atoms with Crippen molar-refractivity contribution in [3.8, 4) is 0 Å². The minimum atomic E-state index is 0. The molecule has 0 saturated heterocycles. The van der Waals surface area contributed by atoms with Gasteiger partial charge >= 0.3 is 0 Å². The van der Waals surface area contributed by atoms with Crippen molar-refractivity contribution < 1.29 is 0 Å². The lowest BCUT2D eigenvalue weighted by Crippen LogP contribution is -2.43. The molecule has 118 valence electrons. The molecule has 0 aromatic rings. The van der Waals surface area contributed by atoms with Gasteiger partial charge < -0.3 is 15.5 Å². The summed E-state index contributed by atoms with van der Waals surface area (Å²) >= 11 is 0. The lowest BCUT2D eigenvalue weighted by atomic mass is 9.94. The minimum absolute atomic E-state index is 0. The van der Waals surface area contributed by atoms with E-state index >= 15 is 0 Å². The first-order chi connectivity index (χ1) is 9.29. The molecule has 0 aromatic carbocycles. The highest BCUT2D eigenvalue weighted by Crippen LogP contribution is 2.27. The minimum Gasteiger partial charge on any atom is -0.356 e. The van der Waals surface area contributed by atoms with Crippen molar-refractivity contribution in [1.82, 2.24) is 15.5 Å². The van der Waals surface area contributed by atoms with Crippen molar-refractivity contribution in [3.63, 3.8) is 0 Å². The molecule has 2 rings (SSSR count). The first-order valence-electron chi connectivity index (χ1n) is 7.94. The van der Waals surface area contributed by atoms with E-state index in [0.29, 0.717) is 0 Å². The average molecular weight is 394 g/mol. The largest absolute Gasteiger partial charge is 0.356 e. The molecule has 2 saturated carbocycles. The van der Waals surface area contributed by atoms with E-state index in [1.165, 1.54) is 44.9 Å². The Morgan fingerprint density at radius 3 is 2.40 bits per heavy atom. The van der Waals surface area contributed by atoms with Crippen molar-refractivity contribution in [2.75, 3.05) is 33.7 Å². The summed E-state index contributed by atoms with van der Waals surface area (Å²) in [6.07, 6.45) is 9.78. The van der Waals surface area contributed by atoms with Crippen LogP contribution >= 0.6 is 24.0 Å². The summed E-state index contributed by atoms with van der Waals surface area (Å²) in [5.74, 6) is 1.85. The highest BCUT2D eigenvalue weighted by atomic mass is 127. The molecule has 0 aromatic heterocycles. The summed E-state index contributed by atoms with van der Waals surface area (Å²) < 4.78 is 0. The third kappa shape index (κ3) is 6.61. The van der Waals surface area contributed by atoms with Gasteiger partial charge in [0.25, 0.3) is 0 Å². The van der Waals surface area contributed by atoms with E-state index in [0.717, 1.165) is 37.6 Å². The molecular formula is C15H31IN4. The summed E-state index contributed by atoms with van der Waals surface area (Å²) in [7, 11) is 4.12. The van der Waals surface area contributed by atoms with Crippen molar-refractivity contribution in [2.24, 2.45) is 10.9 Å². The van der Waals surface area contributed by atoms with E-state index in [-0.39, 0.29) is 24.0 Å². The molecule has 0 amide bonds. The first kappa shape index (κ1) is 18.0. The molecule has 4 nitrogen and oxygen atoms in total. The number of nitrogens with zero attached hydrogens (tertiary/aromatic N) is 2. The molecule has 20 heavy (non-hydrogen) atoms. The second-order valence-electron chi connectivity index (χ2n) is 6.10. The molecule has 0 radical (unpaired) electrons. The maximum absolute atomic E-state index is 4.27. The van der Waals surface area contributed by atoms with Gasteiger partial charge in [-0.25, -0.2) is 0 Å². The second-order valence-corrected chi connectivity index (χ2v) is 6.10. The first-order valence-corrected chi connectivity index (χ1v) is 7.94. The molecule has 0 spiro atoms. The molecule has 2 fully saturated rings. The number of aliphatic imine (C=N–C) groups is 1. The number of halogens is 1. The molecule has 0 unspecified atom stereocenters. The van der Waals surface area contributed by atoms with Gasteiger partial charge in [-0.05, 0) is 38.6 Å². The van der Waals surface area contributed by atoms with Crippen LogP contribution in [0.25, 0.3) is 0 Å². The molecule has 0 atom stereocenters. The monoisotopic (exact) mass is 394 g/mol. The van der Waals surface area contributed by atoms with Crippen molar-refractivity contribution in [2.45, 2.75) is 51.0 Å². The number of likely N-dealkylation sites (N-methyl/N-ethyl adjacent to an activating group) is 1. The maximum atomic E-state index is 4.27. The van der Waals surface area contributed by atoms with Crippen molar-refractivity contribution in [1.29, 1.82) is 0 Å². The van der Waals surface area contributed by atoms with Crippen LogP contribution < -0.4 is 10.6 Å². The summed E-state index contributed by atoms with van der Waals surface area (Å²) in [5, 5.41) is 6.82. The highest BCUT2D eigenvalue weighted by Gasteiger charge is 2.21. The van der Waals surface area contributed by atoms with Crippen LogP contribution in [-0.4, -0.2) is 50.6 Å². The number of guanidine groups is 1. The van der Waals surface area contributed by atoms with E-state index in [4.69, 9.17) is 0 Å². The van der Waals surface area contributed by atoms with Gasteiger partial charge in [0.15, 0.2) is 5.96 Å². The summed E-state index contributed by atoms with van der Waals surface area (Å²) in [4.78, 5) is 6.79. The summed E-state index contributed by atoms with van der Waals surface area (Å²) in [6.45, 7) is 3.17. The number of hydrogen-bond donors (Lipinski definition) is 2. The Balaban J connectivity index is 0.00000200. The van der Waals surface area contributed by atoms with Gasteiger partial charge in [-0.2, -0.15) is 0 Å². The van der Waals surface area contributed by atoms with Crippen LogP contribution in [0.15, 0.2) is 4.99 Å². The summed E-state index contributed by atoms with van der Waals surface area (Å²) in [6, 6.07) is 0.803. The third-order valence-electron chi connectivity index (χ3n) is 4.43. The SMILES string of the molecule is CN=C(NCCN(C)C1CCCCC1)NCC1CC1.I. The van der Waals surface area contributed by atoms with Gasteiger partial charge in [-0.1, -0.05) is 19.3 Å². The van der Waals surface area contributed by atoms with E-state index in [1.807, 2.05) is 7.05 Å². The smallest absolute Gasteiger partial charge is 0.191 e. The fraction of sp³-hybridized carbons (Fsp3) is 0.933. The molecular weight excluding hydrogens is 363 g/mol. The third-order valence-corrected chi connectivity index (χ3v) is 4.43.